The van der Waals surface area contributed by atoms with Crippen LogP contribution in [-0.2, 0) is 0 Å². The number of aliphatic hydroxyl groups is 1. The topological polar surface area (TPSA) is 64.7 Å². The molecule has 0 aromatic heterocycles. The summed E-state index contributed by atoms with van der Waals surface area (Å²) in [5.74, 6) is 1.18. The molecule has 0 fully saturated rings. The summed E-state index contributed by atoms with van der Waals surface area (Å²) in [7, 11) is 3.21. The smallest absolute Gasteiger partial charge is 0.124 e. The molecule has 112 valence electrons. The van der Waals surface area contributed by atoms with Crippen LogP contribution in [0.4, 0.5) is 0 Å². The van der Waals surface area contributed by atoms with Crippen molar-refractivity contribution in [3.05, 3.63) is 59.7 Å². The Morgan fingerprint density at radius 1 is 1.05 bits per heavy atom. The molecule has 0 spiro atoms. The fourth-order valence-corrected chi connectivity index (χ4v) is 2.45. The summed E-state index contributed by atoms with van der Waals surface area (Å²) in [6, 6.07) is 15.0. The first kappa shape index (κ1) is 15.4. The lowest BCUT2D eigenvalue weighted by Gasteiger charge is -2.24. The van der Waals surface area contributed by atoms with Crippen molar-refractivity contribution in [2.24, 2.45) is 5.73 Å². The minimum Gasteiger partial charge on any atom is -0.497 e. The molecule has 2 rings (SSSR count). The number of hydrogen-bond acceptors (Lipinski definition) is 4. The summed E-state index contributed by atoms with van der Waals surface area (Å²) in [5, 5.41) is 10.7. The van der Waals surface area contributed by atoms with E-state index in [1.807, 2.05) is 48.5 Å². The van der Waals surface area contributed by atoms with Gasteiger partial charge in [-0.3, -0.25) is 0 Å². The van der Waals surface area contributed by atoms with Gasteiger partial charge in [-0.2, -0.15) is 0 Å². The van der Waals surface area contributed by atoms with Gasteiger partial charge in [0.05, 0.1) is 20.3 Å². The number of benzene rings is 2. The van der Waals surface area contributed by atoms with Crippen molar-refractivity contribution in [2.45, 2.75) is 12.0 Å². The van der Waals surface area contributed by atoms with E-state index in [9.17, 15) is 5.11 Å². The molecule has 0 aliphatic heterocycles. The van der Waals surface area contributed by atoms with Crippen molar-refractivity contribution >= 4 is 0 Å². The maximum atomic E-state index is 10.7. The van der Waals surface area contributed by atoms with Gasteiger partial charge < -0.3 is 20.3 Å². The molecule has 0 radical (unpaired) electrons. The second-order valence-corrected chi connectivity index (χ2v) is 4.81. The van der Waals surface area contributed by atoms with Gasteiger partial charge in [-0.1, -0.05) is 30.3 Å². The molecule has 0 heterocycles. The zero-order valence-corrected chi connectivity index (χ0v) is 12.3. The normalized spacial score (nSPS) is 13.5. The maximum absolute atomic E-state index is 10.7. The first-order valence-corrected chi connectivity index (χ1v) is 6.86. The van der Waals surface area contributed by atoms with Crippen LogP contribution in [0.3, 0.4) is 0 Å². The molecule has 2 aromatic carbocycles. The standard InChI is InChI=1S/C17H21NO3/c1-20-13-7-5-6-12(10-13)15(11-18)17(19)14-8-3-4-9-16(14)21-2/h3-10,15,17,19H,11,18H2,1-2H3. The summed E-state index contributed by atoms with van der Waals surface area (Å²) in [4.78, 5) is 0. The number of hydrogen-bond donors (Lipinski definition) is 2. The summed E-state index contributed by atoms with van der Waals surface area (Å²) >= 11 is 0. The third kappa shape index (κ3) is 3.35. The molecule has 0 saturated carbocycles. The second-order valence-electron chi connectivity index (χ2n) is 4.81. The Balaban J connectivity index is 2.35. The van der Waals surface area contributed by atoms with Crippen molar-refractivity contribution < 1.29 is 14.6 Å². The van der Waals surface area contributed by atoms with E-state index in [4.69, 9.17) is 15.2 Å². The zero-order chi connectivity index (χ0) is 15.2. The van der Waals surface area contributed by atoms with Crippen LogP contribution < -0.4 is 15.2 Å². The lowest BCUT2D eigenvalue weighted by atomic mass is 9.88. The minimum atomic E-state index is -0.738. The van der Waals surface area contributed by atoms with Crippen LogP contribution in [0.25, 0.3) is 0 Å². The van der Waals surface area contributed by atoms with Gasteiger partial charge in [0.2, 0.25) is 0 Å². The molecule has 0 aliphatic carbocycles. The highest BCUT2D eigenvalue weighted by atomic mass is 16.5. The van der Waals surface area contributed by atoms with Crippen molar-refractivity contribution in [3.63, 3.8) is 0 Å². The van der Waals surface area contributed by atoms with Gasteiger partial charge in [0, 0.05) is 18.0 Å². The van der Waals surface area contributed by atoms with E-state index in [1.54, 1.807) is 14.2 Å². The molecule has 2 atom stereocenters. The third-order valence-corrected chi connectivity index (χ3v) is 3.61. The van der Waals surface area contributed by atoms with E-state index in [-0.39, 0.29) is 5.92 Å². The lowest BCUT2D eigenvalue weighted by Crippen LogP contribution is -2.20. The van der Waals surface area contributed by atoms with Gasteiger partial charge in [0.15, 0.2) is 0 Å². The van der Waals surface area contributed by atoms with E-state index in [0.717, 1.165) is 16.9 Å². The van der Waals surface area contributed by atoms with E-state index in [0.29, 0.717) is 12.3 Å². The molecule has 0 aliphatic rings. The zero-order valence-electron chi connectivity index (χ0n) is 12.3. The third-order valence-electron chi connectivity index (χ3n) is 3.61. The number of para-hydroxylation sites is 1. The van der Waals surface area contributed by atoms with Gasteiger partial charge >= 0.3 is 0 Å². The van der Waals surface area contributed by atoms with Crippen LogP contribution >= 0.6 is 0 Å². The van der Waals surface area contributed by atoms with Gasteiger partial charge in [-0.15, -0.1) is 0 Å². The van der Waals surface area contributed by atoms with Gasteiger partial charge in [-0.05, 0) is 23.8 Å². The number of ether oxygens (including phenoxy) is 2. The quantitative estimate of drug-likeness (QED) is 0.856. The van der Waals surface area contributed by atoms with Crippen LogP contribution in [0.1, 0.15) is 23.1 Å². The highest BCUT2D eigenvalue weighted by Crippen LogP contribution is 2.35. The summed E-state index contributed by atoms with van der Waals surface area (Å²) in [6.07, 6.45) is -0.738. The molecule has 4 heteroatoms. The Morgan fingerprint density at radius 3 is 2.48 bits per heavy atom. The Kier molecular flexibility index (Phi) is 5.20. The second kappa shape index (κ2) is 7.11. The molecule has 21 heavy (non-hydrogen) atoms. The molecule has 3 N–H and O–H groups in total. The molecule has 0 bridgehead atoms. The van der Waals surface area contributed by atoms with E-state index < -0.39 is 6.10 Å². The summed E-state index contributed by atoms with van der Waals surface area (Å²) in [6.45, 7) is 0.326. The predicted molar refractivity (Wildman–Crippen MR) is 82.7 cm³/mol. The van der Waals surface area contributed by atoms with Gasteiger partial charge in [0.25, 0.3) is 0 Å². The molecule has 2 aromatic rings. The van der Waals surface area contributed by atoms with E-state index in [1.165, 1.54) is 0 Å². The Hall–Kier alpha value is -2.04. The average Bonchev–Trinajstić information content (AvgIpc) is 2.55. The van der Waals surface area contributed by atoms with Gasteiger partial charge in [0.1, 0.15) is 11.5 Å². The maximum Gasteiger partial charge on any atom is 0.124 e. The number of nitrogens with two attached hydrogens (primary N) is 1. The first-order chi connectivity index (χ1) is 10.2. The highest BCUT2D eigenvalue weighted by Gasteiger charge is 2.24. The molecule has 4 nitrogen and oxygen atoms in total. The van der Waals surface area contributed by atoms with Crippen LogP contribution in [0.5, 0.6) is 11.5 Å². The largest absolute Gasteiger partial charge is 0.497 e. The molecular weight excluding hydrogens is 266 g/mol. The first-order valence-electron chi connectivity index (χ1n) is 6.86. The fraction of sp³-hybridized carbons (Fsp3) is 0.294. The SMILES string of the molecule is COc1cccc(C(CN)C(O)c2ccccc2OC)c1. The summed E-state index contributed by atoms with van der Waals surface area (Å²) < 4.78 is 10.5. The van der Waals surface area contributed by atoms with Gasteiger partial charge in [-0.25, -0.2) is 0 Å². The monoisotopic (exact) mass is 287 g/mol. The van der Waals surface area contributed by atoms with Crippen molar-refractivity contribution in [1.29, 1.82) is 0 Å². The minimum absolute atomic E-state index is 0.226. The molecule has 0 amide bonds. The fourth-order valence-electron chi connectivity index (χ4n) is 2.45. The number of aliphatic hydroxyl groups excluding tert-OH is 1. The average molecular weight is 287 g/mol. The Labute approximate surface area is 125 Å². The van der Waals surface area contributed by atoms with Crippen LogP contribution in [0.2, 0.25) is 0 Å². The summed E-state index contributed by atoms with van der Waals surface area (Å²) in [5.41, 5.74) is 7.56. The van der Waals surface area contributed by atoms with E-state index in [2.05, 4.69) is 0 Å². The Bertz CT molecular complexity index is 586. The van der Waals surface area contributed by atoms with Crippen molar-refractivity contribution in [1.82, 2.24) is 0 Å². The van der Waals surface area contributed by atoms with Crippen molar-refractivity contribution in [2.75, 3.05) is 20.8 Å². The van der Waals surface area contributed by atoms with Crippen molar-refractivity contribution in [3.8, 4) is 11.5 Å². The Morgan fingerprint density at radius 2 is 1.81 bits per heavy atom. The lowest BCUT2D eigenvalue weighted by molar-refractivity contribution is 0.143. The van der Waals surface area contributed by atoms with Crippen LogP contribution in [0.15, 0.2) is 48.5 Å². The van der Waals surface area contributed by atoms with E-state index >= 15 is 0 Å². The predicted octanol–water partition coefficient (Wildman–Crippen LogP) is 2.48. The van der Waals surface area contributed by atoms with Crippen LogP contribution in [-0.4, -0.2) is 25.9 Å². The number of methoxy groups -OCH3 is 2. The van der Waals surface area contributed by atoms with Crippen LogP contribution in [0, 0.1) is 0 Å². The highest BCUT2D eigenvalue weighted by molar-refractivity contribution is 5.39. The molecule has 0 saturated heterocycles. The number of rotatable bonds is 6. The molecular formula is C17H21NO3. The molecule has 2 unspecified atom stereocenters.